The van der Waals surface area contributed by atoms with E-state index in [1.54, 1.807) is 0 Å². The quantitative estimate of drug-likeness (QED) is 0.0234. The number of carbonyl (C=O) groups is 4. The van der Waals surface area contributed by atoms with E-state index in [4.69, 9.17) is 4.74 Å². The second-order valence-corrected chi connectivity index (χ2v) is 46.8. The molecular weight excluding hydrogens is 1460 g/mol. The zero-order valence-electron chi connectivity index (χ0n) is 73.7. The lowest BCUT2D eigenvalue weighted by Crippen LogP contribution is -2.63. The predicted octanol–water partition coefficient (Wildman–Crippen LogP) is 15.4. The highest BCUT2D eigenvalue weighted by Crippen LogP contribution is 2.74. The van der Waals surface area contributed by atoms with Gasteiger partial charge in [-0.3, -0.25) is 19.2 Å². The molecule has 16 rings (SSSR count). The number of nitrogens with zero attached hydrogens (tertiary/aromatic N) is 3. The van der Waals surface area contributed by atoms with Gasteiger partial charge in [-0.15, -0.1) is 0 Å². The number of hydrogen-bond donors (Lipinski definition) is 11. The monoisotopic (exact) mass is 1620 g/mol. The smallest absolute Gasteiger partial charge is 0.305 e. The lowest BCUT2D eigenvalue weighted by atomic mass is 9.43. The van der Waals surface area contributed by atoms with Crippen LogP contribution in [0.15, 0.2) is 5.11 Å². The molecule has 19 heteroatoms. The topological polar surface area (TPSA) is 324 Å². The van der Waals surface area contributed by atoms with Crippen molar-refractivity contribution in [1.82, 2.24) is 16.0 Å². The van der Waals surface area contributed by atoms with Crippen LogP contribution in [0.4, 0.5) is 0 Å². The summed E-state index contributed by atoms with van der Waals surface area (Å²) in [5.74, 6) is 5.23. The number of methoxy groups -OCH3 is 1. The van der Waals surface area contributed by atoms with Gasteiger partial charge in [0.1, 0.15) is 0 Å². The normalized spacial score (nSPS) is 53.1. The first-order chi connectivity index (χ1) is 54.9. The van der Waals surface area contributed by atoms with Gasteiger partial charge in [0, 0.05) is 54.8 Å². The van der Waals surface area contributed by atoms with Gasteiger partial charge in [0.25, 0.3) is 0 Å². The molecule has 0 heterocycles. The van der Waals surface area contributed by atoms with Crippen molar-refractivity contribution in [2.45, 2.75) is 387 Å². The number of ether oxygens (including phenoxy) is 1. The lowest BCUT2D eigenvalue weighted by Gasteiger charge is -2.64. The van der Waals surface area contributed by atoms with E-state index in [2.05, 4.69) is 109 Å². The Morgan fingerprint density at radius 3 is 0.888 bits per heavy atom. The maximum atomic E-state index is 14.2. The highest BCUT2D eigenvalue weighted by Gasteiger charge is 2.72. The number of carbonyl (C=O) groups excluding carboxylic acids is 4. The molecule has 116 heavy (non-hydrogen) atoms. The van der Waals surface area contributed by atoms with Crippen molar-refractivity contribution in [1.29, 1.82) is 0 Å². The number of aliphatic hydroxyl groups excluding tert-OH is 8. The molecule has 654 valence electrons. The number of hydrogen-bond acceptors (Lipinski definition) is 14. The molecule has 44 atom stereocenters. The summed E-state index contributed by atoms with van der Waals surface area (Å²) in [6, 6.07) is 0.105. The van der Waals surface area contributed by atoms with Gasteiger partial charge < -0.3 is 61.5 Å². The van der Waals surface area contributed by atoms with Crippen LogP contribution in [-0.4, -0.2) is 145 Å². The molecule has 19 nitrogen and oxygen atoms in total. The van der Waals surface area contributed by atoms with Gasteiger partial charge in [0.15, 0.2) is 0 Å². The van der Waals surface area contributed by atoms with E-state index in [1.807, 2.05) is 0 Å². The Kier molecular flexibility index (Phi) is 23.9. The van der Waals surface area contributed by atoms with Crippen molar-refractivity contribution in [3.05, 3.63) is 10.4 Å². The van der Waals surface area contributed by atoms with E-state index >= 15 is 0 Å². The summed E-state index contributed by atoms with van der Waals surface area (Å²) in [6.45, 7) is 28.0. The average molecular weight is 1620 g/mol. The van der Waals surface area contributed by atoms with Crippen molar-refractivity contribution in [2.24, 2.45) is 190 Å². The molecule has 16 aliphatic rings. The Bertz CT molecular complexity index is 3640. The van der Waals surface area contributed by atoms with Crippen LogP contribution in [0.3, 0.4) is 0 Å². The van der Waals surface area contributed by atoms with Gasteiger partial charge in [0.2, 0.25) is 17.7 Å². The second kappa shape index (κ2) is 32.1. The minimum absolute atomic E-state index is 0.0101. The second-order valence-electron chi connectivity index (χ2n) is 46.8. The van der Waals surface area contributed by atoms with Gasteiger partial charge in [-0.2, -0.15) is 0 Å². The van der Waals surface area contributed by atoms with E-state index in [1.165, 1.54) is 7.11 Å². The Labute approximate surface area is 696 Å². The van der Waals surface area contributed by atoms with Crippen LogP contribution in [0.5, 0.6) is 0 Å². The van der Waals surface area contributed by atoms with E-state index in [0.717, 1.165) is 167 Å². The average Bonchev–Trinajstić information content (AvgIpc) is 1.41. The van der Waals surface area contributed by atoms with E-state index in [9.17, 15) is 65.6 Å². The third-order valence-corrected chi connectivity index (χ3v) is 43.0. The molecule has 16 fully saturated rings. The Morgan fingerprint density at radius 2 is 0.621 bits per heavy atom. The number of azide groups is 1. The van der Waals surface area contributed by atoms with Crippen LogP contribution >= 0.6 is 0 Å². The van der Waals surface area contributed by atoms with Gasteiger partial charge in [0.05, 0.1) is 55.9 Å². The molecule has 0 aliphatic heterocycles. The van der Waals surface area contributed by atoms with Crippen molar-refractivity contribution in [3.63, 3.8) is 0 Å². The van der Waals surface area contributed by atoms with Crippen molar-refractivity contribution in [3.8, 4) is 0 Å². The number of esters is 1. The third-order valence-electron chi connectivity index (χ3n) is 43.0. The summed E-state index contributed by atoms with van der Waals surface area (Å²) in [5, 5.41) is 113. The Hall–Kier alpha value is -3.13. The Morgan fingerprint density at radius 1 is 0.362 bits per heavy atom. The predicted molar refractivity (Wildman–Crippen MR) is 446 cm³/mol. The first kappa shape index (κ1) is 86.4. The molecule has 0 aromatic heterocycles. The standard InChI is InChI=1S/C97H158N6O13/c1-50(62-18-22-66-87-71(47-78(108)94(62,66)9)91(6)35-31-59(39-55(91)43-75(87)105)100-84(114)28-16-52(3)64-20-24-68-89-73(49-80(110)96(64,68)11)93(8)37-33-61(102-103-98)41-57(93)45-77(89)107)14-26-82(112)99-58-30-34-90(5)54(38-58)42-74(104)86-67-23-19-63(95(67,10)79(109)46-70(86)90)51(2)15-27-83(113)101-60-32-36-92(7)56(40-60)44-76(106)88-69-25-21-65(53(4)17-29-85(115)116-13)97(69,12)81(111)48-72(88)92/h50-81,86-89,104-111H,14-49H2,1-13H3,(H,99,112)(H,100,114)(H,101,113)/t50?,51?,52?,53?,54-,55-,56-,57-,58+,59+,60+,61+,62?,63?,64?,65?,66?,67?,68?,69?,70?,71?,72?,73?,74-,75-,76-,77-,78?,79?,80?,81?,86+,87+,88+,89+,90?,91?,92?,93?,94?,95?,96?,97?/m0/s1. The number of rotatable bonds is 20. The maximum absolute atomic E-state index is 14.2. The molecule has 28 unspecified atom stereocenters. The summed E-state index contributed by atoms with van der Waals surface area (Å²) < 4.78 is 4.97. The van der Waals surface area contributed by atoms with Gasteiger partial charge in [-0.05, 0) is 396 Å². The van der Waals surface area contributed by atoms with E-state index < -0.39 is 48.8 Å². The van der Waals surface area contributed by atoms with Crippen LogP contribution in [-0.2, 0) is 23.9 Å². The van der Waals surface area contributed by atoms with Crippen LogP contribution in [0.1, 0.15) is 314 Å². The SMILES string of the molecule is COC(=O)CCC(C)C1CCC2[C@@H]3C(CC(O)C12C)C1(C)CC[C@@H](NC(=O)CCC(C)C2CCC4[C@@H]5C(CC(O)C24C)C2(C)CC[C@@H](NC(=O)CCC(C)C4CCC6[C@@H]7C(CC(O)C46C)C4(C)CC[C@@H](NC(=O)CCC(C)C6CCC8[C@@H]9C(CC(O)C68C)C6(C)CC[C@@H](N=[N+]=[N-])C[C@H]6C[C@@H]9O)C[C@H]4C[C@@H]7O)C[C@H]2C[C@@H]5O)C[C@H]1C[C@@H]3O. The zero-order valence-corrected chi connectivity index (χ0v) is 73.7. The number of nitrogens with one attached hydrogen (secondary N) is 3. The van der Waals surface area contributed by atoms with Gasteiger partial charge in [-0.1, -0.05) is 88.2 Å². The molecule has 3 amide bonds. The van der Waals surface area contributed by atoms with Crippen molar-refractivity contribution in [2.75, 3.05) is 7.11 Å². The van der Waals surface area contributed by atoms with Gasteiger partial charge in [-0.25, -0.2) is 0 Å². The molecule has 0 aromatic carbocycles. The largest absolute Gasteiger partial charge is 0.469 e. The van der Waals surface area contributed by atoms with Crippen molar-refractivity contribution < 1.29 is 64.8 Å². The molecule has 0 saturated heterocycles. The number of aliphatic hydroxyl groups is 8. The van der Waals surface area contributed by atoms with Crippen LogP contribution in [0.2, 0.25) is 0 Å². The molecule has 0 radical (unpaired) electrons. The first-order valence-corrected chi connectivity index (χ1v) is 48.3. The molecule has 0 aromatic rings. The van der Waals surface area contributed by atoms with Crippen LogP contribution in [0, 0.1) is 185 Å². The molecule has 0 bridgehead atoms. The molecular formula is C97H158N6O13. The highest BCUT2D eigenvalue weighted by atomic mass is 16.5. The minimum Gasteiger partial charge on any atom is -0.469 e. The van der Waals surface area contributed by atoms with E-state index in [0.29, 0.717) is 64.2 Å². The summed E-state index contributed by atoms with van der Waals surface area (Å²) >= 11 is 0. The summed E-state index contributed by atoms with van der Waals surface area (Å²) in [5.41, 5.74) is 7.74. The summed E-state index contributed by atoms with van der Waals surface area (Å²) in [4.78, 5) is 57.6. The van der Waals surface area contributed by atoms with E-state index in [-0.39, 0.29) is 233 Å². The third kappa shape index (κ3) is 13.9. The Balaban J connectivity index is 0.467. The lowest BCUT2D eigenvalue weighted by molar-refractivity contribution is -0.202. The fraction of sp³-hybridized carbons (Fsp3) is 0.959. The highest BCUT2D eigenvalue weighted by molar-refractivity contribution is 5.77. The number of amides is 3. The zero-order chi connectivity index (χ0) is 82.8. The molecule has 11 N–H and O–H groups in total. The summed E-state index contributed by atoms with van der Waals surface area (Å²) in [6.07, 6.45) is 25.1. The first-order valence-electron chi connectivity index (χ1n) is 48.3. The minimum atomic E-state index is -0.509. The molecule has 0 spiro atoms. The molecule has 16 aliphatic carbocycles. The van der Waals surface area contributed by atoms with Crippen LogP contribution in [0.25, 0.3) is 10.4 Å². The maximum Gasteiger partial charge on any atom is 0.305 e. The molecule has 16 saturated carbocycles. The van der Waals surface area contributed by atoms with Gasteiger partial charge >= 0.3 is 5.97 Å². The fourth-order valence-corrected chi connectivity index (χ4v) is 36.4. The summed E-state index contributed by atoms with van der Waals surface area (Å²) in [7, 11) is 1.44. The van der Waals surface area contributed by atoms with Crippen LogP contribution < -0.4 is 16.0 Å². The number of fused-ring (bicyclic) bond motifs is 20. The van der Waals surface area contributed by atoms with Crippen molar-refractivity contribution >= 4 is 23.7 Å². The fourth-order valence-electron chi connectivity index (χ4n) is 36.4.